The molecule has 2 amide bonds. The molecule has 1 atom stereocenters. The van der Waals surface area contributed by atoms with Gasteiger partial charge in [-0.05, 0) is 67.8 Å². The predicted molar refractivity (Wildman–Crippen MR) is 162 cm³/mol. The van der Waals surface area contributed by atoms with Gasteiger partial charge in [0.05, 0.1) is 35.9 Å². The van der Waals surface area contributed by atoms with Crippen LogP contribution in [0.15, 0.2) is 71.7 Å². The highest BCUT2D eigenvalue weighted by molar-refractivity contribution is 5.98. The SMILES string of the molecule is C/C=N\C(OC)=C(/CC)c1ccc(O)c(-c2nc3ccc(C(=O)N(Cc4ccccn4)C[C@@H]4CCC(=O)N4)cc3[nH]2)c1. The quantitative estimate of drug-likeness (QED) is 0.181. The van der Waals surface area contributed by atoms with E-state index in [1.54, 1.807) is 48.7 Å². The second-order valence-electron chi connectivity index (χ2n) is 10.1. The minimum atomic E-state index is -0.175. The molecule has 2 aromatic carbocycles. The van der Waals surface area contributed by atoms with Crippen molar-refractivity contribution in [1.29, 1.82) is 0 Å². The number of pyridine rings is 1. The Hall–Kier alpha value is -4.99. The van der Waals surface area contributed by atoms with Crippen molar-refractivity contribution in [2.45, 2.75) is 45.7 Å². The lowest BCUT2D eigenvalue weighted by Gasteiger charge is -2.25. The summed E-state index contributed by atoms with van der Waals surface area (Å²) in [5, 5.41) is 13.7. The lowest BCUT2D eigenvalue weighted by Crippen LogP contribution is -2.41. The molecule has 3 N–H and O–H groups in total. The molecule has 216 valence electrons. The van der Waals surface area contributed by atoms with E-state index in [0.29, 0.717) is 66.2 Å². The minimum Gasteiger partial charge on any atom is -0.507 e. The van der Waals surface area contributed by atoms with Crippen LogP contribution in [0.5, 0.6) is 5.75 Å². The monoisotopic (exact) mass is 566 g/mol. The van der Waals surface area contributed by atoms with E-state index in [9.17, 15) is 14.7 Å². The van der Waals surface area contributed by atoms with Gasteiger partial charge in [0.2, 0.25) is 11.8 Å². The first-order valence-electron chi connectivity index (χ1n) is 14.0. The van der Waals surface area contributed by atoms with Gasteiger partial charge in [0.1, 0.15) is 11.6 Å². The van der Waals surface area contributed by atoms with E-state index in [2.05, 4.69) is 20.3 Å². The van der Waals surface area contributed by atoms with Crippen LogP contribution in [0.1, 0.15) is 54.7 Å². The van der Waals surface area contributed by atoms with Gasteiger partial charge in [0.15, 0.2) is 0 Å². The number of hydrogen-bond donors (Lipinski definition) is 3. The highest BCUT2D eigenvalue weighted by Gasteiger charge is 2.27. The second-order valence-corrected chi connectivity index (χ2v) is 10.1. The van der Waals surface area contributed by atoms with Crippen molar-refractivity contribution >= 4 is 34.6 Å². The van der Waals surface area contributed by atoms with Crippen LogP contribution in [0.3, 0.4) is 0 Å². The smallest absolute Gasteiger partial charge is 0.254 e. The molecule has 4 aromatic rings. The molecule has 3 heterocycles. The van der Waals surface area contributed by atoms with Gasteiger partial charge < -0.3 is 25.0 Å². The zero-order valence-electron chi connectivity index (χ0n) is 23.9. The largest absolute Gasteiger partial charge is 0.507 e. The number of benzene rings is 2. The summed E-state index contributed by atoms with van der Waals surface area (Å²) in [6.45, 7) is 4.54. The van der Waals surface area contributed by atoms with Gasteiger partial charge in [0.25, 0.3) is 5.91 Å². The van der Waals surface area contributed by atoms with Crippen molar-refractivity contribution < 1.29 is 19.4 Å². The van der Waals surface area contributed by atoms with Crippen molar-refractivity contribution in [3.05, 3.63) is 83.5 Å². The number of methoxy groups -OCH3 is 1. The minimum absolute atomic E-state index is 0.00190. The average Bonchev–Trinajstić information content (AvgIpc) is 3.62. The summed E-state index contributed by atoms with van der Waals surface area (Å²) < 4.78 is 5.50. The van der Waals surface area contributed by atoms with Gasteiger partial charge in [0, 0.05) is 42.6 Å². The summed E-state index contributed by atoms with van der Waals surface area (Å²) in [4.78, 5) is 44.0. The molecule has 42 heavy (non-hydrogen) atoms. The molecule has 0 radical (unpaired) electrons. The number of hydrogen-bond acceptors (Lipinski definition) is 7. The highest BCUT2D eigenvalue weighted by Crippen LogP contribution is 2.34. The van der Waals surface area contributed by atoms with Gasteiger partial charge in [-0.2, -0.15) is 0 Å². The Kier molecular flexibility index (Phi) is 8.61. The normalized spacial score (nSPS) is 15.6. The van der Waals surface area contributed by atoms with Crippen LogP contribution in [0, 0.1) is 0 Å². The van der Waals surface area contributed by atoms with Crippen LogP contribution in [0.2, 0.25) is 0 Å². The number of phenols is 1. The fourth-order valence-corrected chi connectivity index (χ4v) is 5.20. The number of aliphatic imine (C=N–C) groups is 1. The number of carbonyl (C=O) groups is 2. The highest BCUT2D eigenvalue weighted by atomic mass is 16.5. The van der Waals surface area contributed by atoms with E-state index < -0.39 is 0 Å². The Bertz CT molecular complexity index is 1660. The van der Waals surface area contributed by atoms with Crippen molar-refractivity contribution in [3.8, 4) is 17.1 Å². The third kappa shape index (κ3) is 6.17. The van der Waals surface area contributed by atoms with Crippen LogP contribution in [0.25, 0.3) is 28.0 Å². The zero-order valence-corrected chi connectivity index (χ0v) is 23.9. The first-order valence-corrected chi connectivity index (χ1v) is 14.0. The van der Waals surface area contributed by atoms with Gasteiger partial charge in [-0.1, -0.05) is 19.1 Å². The Morgan fingerprint density at radius 3 is 2.71 bits per heavy atom. The maximum Gasteiger partial charge on any atom is 0.254 e. The molecule has 2 aromatic heterocycles. The van der Waals surface area contributed by atoms with E-state index in [1.165, 1.54) is 0 Å². The number of fused-ring (bicyclic) bond motifs is 1. The molecule has 0 spiro atoms. The predicted octanol–water partition coefficient (Wildman–Crippen LogP) is 5.07. The van der Waals surface area contributed by atoms with Crippen molar-refractivity contribution in [1.82, 2.24) is 25.2 Å². The summed E-state index contributed by atoms with van der Waals surface area (Å²) in [6, 6.07) is 16.1. The van der Waals surface area contributed by atoms with E-state index in [1.807, 2.05) is 44.2 Å². The molecule has 1 fully saturated rings. The first kappa shape index (κ1) is 28.5. The van der Waals surface area contributed by atoms with Gasteiger partial charge in [-0.15, -0.1) is 0 Å². The number of phenolic OH excluding ortho intramolecular Hbond substituents is 1. The summed E-state index contributed by atoms with van der Waals surface area (Å²) in [6.07, 6.45) is 5.19. The number of rotatable bonds is 10. The molecular weight excluding hydrogens is 532 g/mol. The van der Waals surface area contributed by atoms with Crippen molar-refractivity contribution in [3.63, 3.8) is 0 Å². The third-order valence-corrected chi connectivity index (χ3v) is 7.27. The number of aromatic nitrogens is 3. The van der Waals surface area contributed by atoms with Crippen LogP contribution in [0.4, 0.5) is 0 Å². The number of amides is 2. The maximum atomic E-state index is 13.8. The Morgan fingerprint density at radius 2 is 2.02 bits per heavy atom. The number of aromatic amines is 1. The number of aromatic hydroxyl groups is 1. The van der Waals surface area contributed by atoms with Crippen molar-refractivity contribution in [2.24, 2.45) is 4.99 Å². The summed E-state index contributed by atoms with van der Waals surface area (Å²) in [7, 11) is 1.58. The van der Waals surface area contributed by atoms with E-state index >= 15 is 0 Å². The Labute approximate surface area is 244 Å². The molecule has 1 aliphatic rings. The molecule has 0 saturated carbocycles. The standard InChI is InChI=1S/C32H34N6O4/c1-4-24(31(42-3)33-5-2)20-10-13-28(39)25(16-20)30-36-26-12-9-21(17-27(26)37-30)32(41)38(18-22-8-6-7-15-34-22)19-23-11-14-29(40)35-23/h5-10,12-13,15-17,23,39H,4,11,14,18-19H2,1-3H3,(H,35,40)(H,36,37)/b31-24-,33-5-/t23-/m0/s1. The Morgan fingerprint density at radius 1 is 1.19 bits per heavy atom. The lowest BCUT2D eigenvalue weighted by atomic mass is 10.0. The summed E-state index contributed by atoms with van der Waals surface area (Å²) in [5.74, 6) is 0.883. The molecule has 0 bridgehead atoms. The molecule has 10 nitrogen and oxygen atoms in total. The second kappa shape index (κ2) is 12.7. The average molecular weight is 567 g/mol. The topological polar surface area (TPSA) is 133 Å². The fourth-order valence-electron chi connectivity index (χ4n) is 5.20. The fraction of sp³-hybridized carbons (Fsp3) is 0.281. The van der Waals surface area contributed by atoms with Gasteiger partial charge in [-0.25, -0.2) is 9.98 Å². The van der Waals surface area contributed by atoms with Crippen molar-refractivity contribution in [2.75, 3.05) is 13.7 Å². The van der Waals surface area contributed by atoms with E-state index in [-0.39, 0.29) is 23.6 Å². The Balaban J connectivity index is 1.47. The number of H-pyrrole nitrogens is 1. The molecule has 5 rings (SSSR count). The number of allylic oxidation sites excluding steroid dienone is 1. The number of imidazole rings is 1. The number of carbonyl (C=O) groups excluding carboxylic acids is 2. The lowest BCUT2D eigenvalue weighted by molar-refractivity contribution is -0.119. The molecule has 10 heteroatoms. The molecular formula is C32H34N6O4. The number of nitrogens with one attached hydrogen (secondary N) is 2. The number of ether oxygens (including phenoxy) is 1. The number of nitrogens with zero attached hydrogens (tertiary/aromatic N) is 4. The molecule has 1 saturated heterocycles. The molecule has 0 unspecified atom stereocenters. The zero-order chi connectivity index (χ0) is 29.6. The molecule has 1 aliphatic heterocycles. The summed E-state index contributed by atoms with van der Waals surface area (Å²) in [5.41, 5.74) is 4.83. The summed E-state index contributed by atoms with van der Waals surface area (Å²) >= 11 is 0. The first-order chi connectivity index (χ1) is 20.4. The van der Waals surface area contributed by atoms with Crippen LogP contribution >= 0.6 is 0 Å². The van der Waals surface area contributed by atoms with Gasteiger partial charge in [-0.3, -0.25) is 14.6 Å². The van der Waals surface area contributed by atoms with Gasteiger partial charge >= 0.3 is 0 Å². The maximum absolute atomic E-state index is 13.8. The van der Waals surface area contributed by atoms with E-state index in [0.717, 1.165) is 16.8 Å². The van der Waals surface area contributed by atoms with E-state index in [4.69, 9.17) is 9.72 Å². The third-order valence-electron chi connectivity index (χ3n) is 7.27. The van der Waals surface area contributed by atoms with Crippen LogP contribution in [-0.4, -0.2) is 62.7 Å². The van der Waals surface area contributed by atoms with Crippen LogP contribution < -0.4 is 5.32 Å². The molecule has 0 aliphatic carbocycles. The van der Waals surface area contributed by atoms with Crippen LogP contribution in [-0.2, 0) is 16.1 Å².